The van der Waals surface area contributed by atoms with Crippen LogP contribution < -0.4 is 10.2 Å². The first-order valence-electron chi connectivity index (χ1n) is 7.39. The van der Waals surface area contributed by atoms with E-state index in [4.69, 9.17) is 4.74 Å². The molecular weight excluding hydrogens is 332 g/mol. The predicted molar refractivity (Wildman–Crippen MR) is 90.9 cm³/mol. The average Bonchev–Trinajstić information content (AvgIpc) is 3.00. The number of ether oxygens (including phenoxy) is 1. The lowest BCUT2D eigenvalue weighted by Crippen LogP contribution is -2.37. The van der Waals surface area contributed by atoms with Gasteiger partial charge in [0.15, 0.2) is 5.13 Å². The second kappa shape index (κ2) is 6.93. The van der Waals surface area contributed by atoms with Gasteiger partial charge in [0.2, 0.25) is 0 Å². The summed E-state index contributed by atoms with van der Waals surface area (Å²) >= 11 is 1.31. The summed E-state index contributed by atoms with van der Waals surface area (Å²) in [5.41, 5.74) is 1.61. The summed E-state index contributed by atoms with van der Waals surface area (Å²) in [5, 5.41) is 16.1. The number of hydrogen-bond acceptors (Lipinski definition) is 7. The highest BCUT2D eigenvalue weighted by Gasteiger charge is 2.22. The summed E-state index contributed by atoms with van der Waals surface area (Å²) in [6.45, 7) is 4.22. The van der Waals surface area contributed by atoms with E-state index in [1.165, 1.54) is 23.5 Å². The van der Waals surface area contributed by atoms with Gasteiger partial charge in [-0.2, -0.15) is 0 Å². The molecule has 0 saturated carbocycles. The first kappa shape index (κ1) is 16.3. The fourth-order valence-electron chi connectivity index (χ4n) is 2.48. The molecule has 9 heteroatoms. The van der Waals surface area contributed by atoms with Gasteiger partial charge in [0.1, 0.15) is 0 Å². The first-order chi connectivity index (χ1) is 11.5. The number of benzene rings is 1. The van der Waals surface area contributed by atoms with E-state index < -0.39 is 10.8 Å². The molecule has 1 aromatic heterocycles. The Morgan fingerprint density at radius 1 is 1.42 bits per heavy atom. The lowest BCUT2D eigenvalue weighted by Gasteiger charge is -2.30. The Labute approximate surface area is 142 Å². The van der Waals surface area contributed by atoms with Gasteiger partial charge in [0.25, 0.3) is 11.6 Å². The Morgan fingerprint density at radius 2 is 2.17 bits per heavy atom. The Balaban J connectivity index is 1.93. The summed E-state index contributed by atoms with van der Waals surface area (Å²) in [6.07, 6.45) is 0. The molecule has 1 N–H and O–H groups in total. The molecule has 2 heterocycles. The van der Waals surface area contributed by atoms with Crippen molar-refractivity contribution in [3.63, 3.8) is 0 Å². The number of morpholine rings is 1. The molecule has 1 aliphatic rings. The standard InChI is InChI=1S/C15H16N4O4S/c1-10-9-24-15(16-10)17-14(20)12-8-11(19(21)22)2-3-13(12)18-4-6-23-7-5-18/h2-3,8-9H,4-7H2,1H3,(H,16,17,20). The van der Waals surface area contributed by atoms with Gasteiger partial charge in [-0.05, 0) is 13.0 Å². The number of nitro benzene ring substituents is 1. The lowest BCUT2D eigenvalue weighted by molar-refractivity contribution is -0.384. The highest BCUT2D eigenvalue weighted by atomic mass is 32.1. The Kier molecular flexibility index (Phi) is 4.72. The highest BCUT2D eigenvalue weighted by molar-refractivity contribution is 7.13. The normalized spacial score (nSPS) is 14.5. The van der Waals surface area contributed by atoms with Crippen LogP contribution in [0.4, 0.5) is 16.5 Å². The third-order valence-electron chi connectivity index (χ3n) is 3.63. The Morgan fingerprint density at radius 3 is 2.79 bits per heavy atom. The summed E-state index contributed by atoms with van der Waals surface area (Å²) in [6, 6.07) is 4.33. The number of anilines is 2. The number of carbonyl (C=O) groups excluding carboxylic acids is 1. The first-order valence-corrected chi connectivity index (χ1v) is 8.27. The molecule has 126 valence electrons. The monoisotopic (exact) mass is 348 g/mol. The van der Waals surface area contributed by atoms with Crippen LogP contribution in [0.3, 0.4) is 0 Å². The van der Waals surface area contributed by atoms with Crippen LogP contribution in [0.25, 0.3) is 0 Å². The fourth-order valence-corrected chi connectivity index (χ4v) is 3.16. The number of nitro groups is 1. The Bertz CT molecular complexity index is 771. The minimum absolute atomic E-state index is 0.118. The smallest absolute Gasteiger partial charge is 0.270 e. The van der Waals surface area contributed by atoms with Gasteiger partial charge in [-0.25, -0.2) is 4.98 Å². The number of hydrogen-bond donors (Lipinski definition) is 1. The fraction of sp³-hybridized carbons (Fsp3) is 0.333. The molecule has 1 fully saturated rings. The number of aryl methyl sites for hydroxylation is 1. The second-order valence-electron chi connectivity index (χ2n) is 5.31. The number of nitrogens with one attached hydrogen (secondary N) is 1. The van der Waals surface area contributed by atoms with E-state index >= 15 is 0 Å². The van der Waals surface area contributed by atoms with Crippen LogP contribution in [0.15, 0.2) is 23.6 Å². The highest BCUT2D eigenvalue weighted by Crippen LogP contribution is 2.27. The van der Waals surface area contributed by atoms with Crippen molar-refractivity contribution in [2.45, 2.75) is 6.92 Å². The van der Waals surface area contributed by atoms with E-state index in [1.54, 1.807) is 6.07 Å². The number of nitrogens with zero attached hydrogens (tertiary/aromatic N) is 3. The van der Waals surface area contributed by atoms with Gasteiger partial charge in [-0.1, -0.05) is 0 Å². The third kappa shape index (κ3) is 3.52. The largest absolute Gasteiger partial charge is 0.378 e. The zero-order valence-electron chi connectivity index (χ0n) is 13.0. The summed E-state index contributed by atoms with van der Waals surface area (Å²) in [7, 11) is 0. The van der Waals surface area contributed by atoms with Crippen LogP contribution in [-0.2, 0) is 4.74 Å². The van der Waals surface area contributed by atoms with Gasteiger partial charge in [-0.15, -0.1) is 11.3 Å². The molecule has 0 aliphatic carbocycles. The van der Waals surface area contributed by atoms with Crippen molar-refractivity contribution in [2.24, 2.45) is 0 Å². The SMILES string of the molecule is Cc1csc(NC(=O)c2cc([N+](=O)[O-])ccc2N2CCOCC2)n1. The maximum Gasteiger partial charge on any atom is 0.270 e. The number of thiazole rings is 1. The predicted octanol–water partition coefficient (Wildman–Crippen LogP) is 2.45. The van der Waals surface area contributed by atoms with Gasteiger partial charge < -0.3 is 9.64 Å². The third-order valence-corrected chi connectivity index (χ3v) is 4.50. The molecule has 1 saturated heterocycles. The van der Waals surface area contributed by atoms with Gasteiger partial charge in [0, 0.05) is 30.6 Å². The lowest BCUT2D eigenvalue weighted by atomic mass is 10.1. The number of amides is 1. The zero-order valence-corrected chi connectivity index (χ0v) is 13.8. The molecule has 8 nitrogen and oxygen atoms in total. The van der Waals surface area contributed by atoms with E-state index in [0.29, 0.717) is 37.1 Å². The molecule has 1 aliphatic heterocycles. The number of carbonyl (C=O) groups is 1. The second-order valence-corrected chi connectivity index (χ2v) is 6.16. The topological polar surface area (TPSA) is 97.6 Å². The van der Waals surface area contributed by atoms with Crippen molar-refractivity contribution < 1.29 is 14.5 Å². The van der Waals surface area contributed by atoms with Gasteiger partial charge >= 0.3 is 0 Å². The zero-order chi connectivity index (χ0) is 17.1. The molecule has 0 atom stereocenters. The van der Waals surface area contributed by atoms with E-state index in [1.807, 2.05) is 17.2 Å². The molecule has 0 unspecified atom stereocenters. The molecule has 0 radical (unpaired) electrons. The van der Waals surface area contributed by atoms with Crippen LogP contribution in [0.2, 0.25) is 0 Å². The Hall–Kier alpha value is -2.52. The van der Waals surface area contributed by atoms with Crippen LogP contribution in [0.5, 0.6) is 0 Å². The molecule has 24 heavy (non-hydrogen) atoms. The molecule has 2 aromatic rings. The van der Waals surface area contributed by atoms with Crippen LogP contribution in [0, 0.1) is 17.0 Å². The number of aromatic nitrogens is 1. The van der Waals surface area contributed by atoms with E-state index in [0.717, 1.165) is 5.69 Å². The van der Waals surface area contributed by atoms with Gasteiger partial charge in [0.05, 0.1) is 35.1 Å². The van der Waals surface area contributed by atoms with Crippen molar-refractivity contribution >= 4 is 33.8 Å². The maximum atomic E-state index is 12.6. The summed E-state index contributed by atoms with van der Waals surface area (Å²) < 4.78 is 5.32. The van der Waals surface area contributed by atoms with Crippen molar-refractivity contribution in [3.8, 4) is 0 Å². The maximum absolute atomic E-state index is 12.6. The molecular formula is C15H16N4O4S. The van der Waals surface area contributed by atoms with E-state index in [9.17, 15) is 14.9 Å². The number of non-ortho nitro benzene ring substituents is 1. The quantitative estimate of drug-likeness (QED) is 0.673. The minimum Gasteiger partial charge on any atom is -0.378 e. The van der Waals surface area contributed by atoms with E-state index in [-0.39, 0.29) is 11.3 Å². The van der Waals surface area contributed by atoms with Crippen molar-refractivity contribution in [1.29, 1.82) is 0 Å². The van der Waals surface area contributed by atoms with E-state index in [2.05, 4.69) is 10.3 Å². The average molecular weight is 348 g/mol. The molecule has 0 bridgehead atoms. The summed E-state index contributed by atoms with van der Waals surface area (Å²) in [4.78, 5) is 29.4. The molecule has 3 rings (SSSR count). The van der Waals surface area contributed by atoms with Crippen LogP contribution in [-0.4, -0.2) is 42.1 Å². The number of rotatable bonds is 4. The van der Waals surface area contributed by atoms with Crippen molar-refractivity contribution in [2.75, 3.05) is 36.5 Å². The minimum atomic E-state index is -0.507. The molecule has 0 spiro atoms. The molecule has 1 amide bonds. The van der Waals surface area contributed by atoms with Crippen molar-refractivity contribution in [1.82, 2.24) is 4.98 Å². The van der Waals surface area contributed by atoms with Crippen LogP contribution >= 0.6 is 11.3 Å². The summed E-state index contributed by atoms with van der Waals surface area (Å²) in [5.74, 6) is -0.408. The molecule has 1 aromatic carbocycles. The van der Waals surface area contributed by atoms with Crippen LogP contribution in [0.1, 0.15) is 16.1 Å². The van der Waals surface area contributed by atoms with Gasteiger partial charge in [-0.3, -0.25) is 20.2 Å². The van der Waals surface area contributed by atoms with Crippen molar-refractivity contribution in [3.05, 3.63) is 45.0 Å².